The molecule has 0 bridgehead atoms. The maximum absolute atomic E-state index is 11.8. The number of benzene rings is 2. The summed E-state index contributed by atoms with van der Waals surface area (Å²) in [7, 11) is 0. The van der Waals surface area contributed by atoms with E-state index in [2.05, 4.69) is 10.6 Å². The molecule has 3 N–H and O–H groups in total. The van der Waals surface area contributed by atoms with Crippen LogP contribution in [0.1, 0.15) is 11.7 Å². The second kappa shape index (κ2) is 8.73. The summed E-state index contributed by atoms with van der Waals surface area (Å²) in [5.41, 5.74) is 1.02. The number of rotatable bonds is 5. The number of para-hydroxylation sites is 1. The highest BCUT2D eigenvalue weighted by Gasteiger charge is 2.16. The zero-order valence-corrected chi connectivity index (χ0v) is 14.5. The highest BCUT2D eigenvalue weighted by Crippen LogP contribution is 2.20. The van der Waals surface area contributed by atoms with Gasteiger partial charge in [0.25, 0.3) is 0 Å². The summed E-state index contributed by atoms with van der Waals surface area (Å²) in [6.45, 7) is -0.0621. The van der Waals surface area contributed by atoms with Gasteiger partial charge in [-0.2, -0.15) is 0 Å². The van der Waals surface area contributed by atoms with Crippen molar-refractivity contribution in [1.82, 2.24) is 5.32 Å². The van der Waals surface area contributed by atoms with Crippen LogP contribution in [-0.4, -0.2) is 29.7 Å². The number of amides is 2. The molecule has 0 saturated heterocycles. The van der Waals surface area contributed by atoms with E-state index in [4.69, 9.17) is 11.6 Å². The number of aliphatic hydroxyl groups is 1. The van der Waals surface area contributed by atoms with E-state index in [0.29, 0.717) is 16.3 Å². The first kappa shape index (κ1) is 18.3. The third kappa shape index (κ3) is 4.99. The van der Waals surface area contributed by atoms with Crippen molar-refractivity contribution in [2.24, 2.45) is 0 Å². The summed E-state index contributed by atoms with van der Waals surface area (Å²) in [4.78, 5) is 24.7. The normalized spacial score (nSPS) is 11.6. The molecule has 0 spiro atoms. The second-order valence-corrected chi connectivity index (χ2v) is 6.22. The number of aliphatic hydroxyl groups excluding tert-OH is 1. The minimum absolute atomic E-state index is 0.0621. The van der Waals surface area contributed by atoms with Crippen molar-refractivity contribution >= 4 is 40.9 Å². The van der Waals surface area contributed by atoms with E-state index < -0.39 is 17.9 Å². The van der Waals surface area contributed by atoms with Crippen LogP contribution < -0.4 is 10.6 Å². The standard InChI is InChI=1S/C17H17ClN2O3S/c1-24-12-8-6-11(7-9-12)15(21)10-19-16(22)17(23)20-14-5-3-2-4-13(14)18/h2-9,15,21H,10H2,1H3,(H,19,22)(H,20,23)/t15-/m1/s1. The van der Waals surface area contributed by atoms with Gasteiger partial charge in [0.2, 0.25) is 0 Å². The van der Waals surface area contributed by atoms with Crippen molar-refractivity contribution in [2.75, 3.05) is 18.1 Å². The highest BCUT2D eigenvalue weighted by molar-refractivity contribution is 7.98. The van der Waals surface area contributed by atoms with Crippen LogP contribution in [0.25, 0.3) is 0 Å². The van der Waals surface area contributed by atoms with Crippen LogP contribution in [0.4, 0.5) is 5.69 Å². The molecule has 0 radical (unpaired) electrons. The fourth-order valence-electron chi connectivity index (χ4n) is 1.96. The third-order valence-corrected chi connectivity index (χ3v) is 4.36. The molecule has 24 heavy (non-hydrogen) atoms. The molecule has 0 heterocycles. The molecular formula is C17H17ClN2O3S. The summed E-state index contributed by atoms with van der Waals surface area (Å²) in [5.74, 6) is -1.68. The molecular weight excluding hydrogens is 348 g/mol. The van der Waals surface area contributed by atoms with Gasteiger partial charge in [0.15, 0.2) is 0 Å². The Kier molecular flexibility index (Phi) is 6.66. The van der Waals surface area contributed by atoms with E-state index in [-0.39, 0.29) is 6.54 Å². The smallest absolute Gasteiger partial charge is 0.313 e. The average molecular weight is 365 g/mol. The van der Waals surface area contributed by atoms with Gasteiger partial charge in [-0.15, -0.1) is 11.8 Å². The van der Waals surface area contributed by atoms with Crippen LogP contribution in [0.5, 0.6) is 0 Å². The van der Waals surface area contributed by atoms with Crippen LogP contribution in [0.15, 0.2) is 53.4 Å². The molecule has 1 atom stereocenters. The van der Waals surface area contributed by atoms with E-state index in [0.717, 1.165) is 4.90 Å². The SMILES string of the molecule is CSc1ccc([C@H](O)CNC(=O)C(=O)Nc2ccccc2Cl)cc1. The lowest BCUT2D eigenvalue weighted by Crippen LogP contribution is -2.37. The predicted molar refractivity (Wildman–Crippen MR) is 96.3 cm³/mol. The summed E-state index contributed by atoms with van der Waals surface area (Å²) in [6, 6.07) is 14.0. The fraction of sp³-hybridized carbons (Fsp3) is 0.176. The summed E-state index contributed by atoms with van der Waals surface area (Å²) >= 11 is 7.52. The number of carbonyl (C=O) groups is 2. The number of hydrogen-bond donors (Lipinski definition) is 3. The molecule has 0 aliphatic rings. The van der Waals surface area contributed by atoms with Crippen molar-refractivity contribution in [1.29, 1.82) is 0 Å². The quantitative estimate of drug-likeness (QED) is 0.563. The zero-order valence-electron chi connectivity index (χ0n) is 13.0. The van der Waals surface area contributed by atoms with Crippen molar-refractivity contribution in [3.63, 3.8) is 0 Å². The van der Waals surface area contributed by atoms with Crippen LogP contribution >= 0.6 is 23.4 Å². The van der Waals surface area contributed by atoms with Crippen molar-refractivity contribution < 1.29 is 14.7 Å². The Labute approximate surface area is 149 Å². The van der Waals surface area contributed by atoms with Gasteiger partial charge in [0, 0.05) is 11.4 Å². The summed E-state index contributed by atoms with van der Waals surface area (Å²) in [5, 5.41) is 15.2. The highest BCUT2D eigenvalue weighted by atomic mass is 35.5. The maximum Gasteiger partial charge on any atom is 0.313 e. The van der Waals surface area contributed by atoms with E-state index in [9.17, 15) is 14.7 Å². The summed E-state index contributed by atoms with van der Waals surface area (Å²) < 4.78 is 0. The second-order valence-electron chi connectivity index (χ2n) is 4.93. The largest absolute Gasteiger partial charge is 0.387 e. The van der Waals surface area contributed by atoms with E-state index >= 15 is 0 Å². The number of hydrogen-bond acceptors (Lipinski definition) is 4. The average Bonchev–Trinajstić information content (AvgIpc) is 2.61. The first-order valence-electron chi connectivity index (χ1n) is 7.17. The minimum atomic E-state index is -0.891. The number of thioether (sulfide) groups is 1. The topological polar surface area (TPSA) is 78.4 Å². The van der Waals surface area contributed by atoms with Gasteiger partial charge >= 0.3 is 11.8 Å². The maximum atomic E-state index is 11.8. The predicted octanol–water partition coefficient (Wildman–Crippen LogP) is 2.85. The van der Waals surface area contributed by atoms with Gasteiger partial charge in [-0.3, -0.25) is 9.59 Å². The number of nitrogens with one attached hydrogen (secondary N) is 2. The molecule has 2 rings (SSSR count). The summed E-state index contributed by atoms with van der Waals surface area (Å²) in [6.07, 6.45) is 1.07. The minimum Gasteiger partial charge on any atom is -0.387 e. The zero-order chi connectivity index (χ0) is 17.5. The molecule has 2 aromatic rings. The molecule has 7 heteroatoms. The Morgan fingerprint density at radius 2 is 1.79 bits per heavy atom. The van der Waals surface area contributed by atoms with Crippen LogP contribution in [0, 0.1) is 0 Å². The Balaban J connectivity index is 1.87. The number of anilines is 1. The molecule has 2 aromatic carbocycles. The molecule has 0 fully saturated rings. The monoisotopic (exact) mass is 364 g/mol. The molecule has 2 amide bonds. The lowest BCUT2D eigenvalue weighted by molar-refractivity contribution is -0.136. The molecule has 0 unspecified atom stereocenters. The fourth-order valence-corrected chi connectivity index (χ4v) is 2.55. The van der Waals surface area contributed by atoms with Crippen molar-refractivity contribution in [2.45, 2.75) is 11.0 Å². The van der Waals surface area contributed by atoms with Crippen LogP contribution in [-0.2, 0) is 9.59 Å². The lowest BCUT2D eigenvalue weighted by atomic mass is 10.1. The Bertz CT molecular complexity index is 722. The molecule has 0 aliphatic heterocycles. The van der Waals surface area contributed by atoms with Gasteiger partial charge in [-0.05, 0) is 36.1 Å². The molecule has 0 aliphatic carbocycles. The van der Waals surface area contributed by atoms with Crippen LogP contribution in [0.2, 0.25) is 5.02 Å². The van der Waals surface area contributed by atoms with E-state index in [1.165, 1.54) is 0 Å². The number of carbonyl (C=O) groups excluding carboxylic acids is 2. The first-order valence-corrected chi connectivity index (χ1v) is 8.77. The van der Waals surface area contributed by atoms with Gasteiger partial charge in [-0.1, -0.05) is 35.9 Å². The third-order valence-electron chi connectivity index (χ3n) is 3.28. The molecule has 5 nitrogen and oxygen atoms in total. The van der Waals surface area contributed by atoms with Gasteiger partial charge < -0.3 is 15.7 Å². The molecule has 0 aromatic heterocycles. The first-order chi connectivity index (χ1) is 11.5. The van der Waals surface area contributed by atoms with Crippen LogP contribution in [0.3, 0.4) is 0 Å². The Morgan fingerprint density at radius 3 is 2.42 bits per heavy atom. The molecule has 126 valence electrons. The van der Waals surface area contributed by atoms with E-state index in [1.807, 2.05) is 18.4 Å². The van der Waals surface area contributed by atoms with Gasteiger partial charge in [-0.25, -0.2) is 0 Å². The van der Waals surface area contributed by atoms with Gasteiger partial charge in [0.05, 0.1) is 16.8 Å². The molecule has 0 saturated carbocycles. The Morgan fingerprint density at radius 1 is 1.12 bits per heavy atom. The van der Waals surface area contributed by atoms with Gasteiger partial charge in [0.1, 0.15) is 0 Å². The van der Waals surface area contributed by atoms with Crippen molar-refractivity contribution in [3.05, 3.63) is 59.1 Å². The van der Waals surface area contributed by atoms with E-state index in [1.54, 1.807) is 48.2 Å². The number of halogens is 1. The van der Waals surface area contributed by atoms with Crippen molar-refractivity contribution in [3.8, 4) is 0 Å². The lowest BCUT2D eigenvalue weighted by Gasteiger charge is -2.13. The Hall–Kier alpha value is -2.02.